The van der Waals surface area contributed by atoms with Crippen LogP contribution in [0.1, 0.15) is 29.5 Å². The van der Waals surface area contributed by atoms with E-state index in [4.69, 9.17) is 0 Å². The van der Waals surface area contributed by atoms with Crippen LogP contribution in [0.15, 0.2) is 70.5 Å². The SMILES string of the molecule is Cc1ccc2c(c1C)N(CCCCNCc1ccccc1O)c1ccccc1S2=O. The van der Waals surface area contributed by atoms with Gasteiger partial charge in [-0.1, -0.05) is 36.4 Å². The molecular weight excluding hydrogens is 392 g/mol. The molecule has 0 bridgehead atoms. The first kappa shape index (κ1) is 20.6. The molecule has 1 atom stereocenters. The zero-order valence-electron chi connectivity index (χ0n) is 17.5. The average molecular weight is 421 g/mol. The summed E-state index contributed by atoms with van der Waals surface area (Å²) in [5, 5.41) is 13.3. The molecule has 0 aromatic heterocycles. The molecule has 3 aromatic rings. The smallest absolute Gasteiger partial charge is 0.120 e. The molecule has 1 unspecified atom stereocenters. The zero-order valence-corrected chi connectivity index (χ0v) is 18.3. The van der Waals surface area contributed by atoms with E-state index in [2.05, 4.69) is 36.2 Å². The summed E-state index contributed by atoms with van der Waals surface area (Å²) in [4.78, 5) is 4.15. The number of aromatic hydroxyl groups is 1. The van der Waals surface area contributed by atoms with Gasteiger partial charge in [0.1, 0.15) is 5.75 Å². The van der Waals surface area contributed by atoms with Crippen molar-refractivity contribution in [1.82, 2.24) is 5.32 Å². The van der Waals surface area contributed by atoms with E-state index in [1.165, 1.54) is 11.1 Å². The van der Waals surface area contributed by atoms with Crippen LogP contribution in [-0.4, -0.2) is 22.4 Å². The van der Waals surface area contributed by atoms with Gasteiger partial charge in [0.2, 0.25) is 0 Å². The Morgan fingerprint density at radius 1 is 0.933 bits per heavy atom. The highest BCUT2D eigenvalue weighted by Gasteiger charge is 2.29. The van der Waals surface area contributed by atoms with E-state index in [0.717, 1.165) is 52.7 Å². The molecule has 0 amide bonds. The third-order valence-corrected chi connectivity index (χ3v) is 7.26. The maximum absolute atomic E-state index is 13.1. The molecule has 1 aliphatic rings. The van der Waals surface area contributed by atoms with Crippen LogP contribution >= 0.6 is 0 Å². The number of hydrogen-bond acceptors (Lipinski definition) is 4. The highest BCUT2D eigenvalue weighted by molar-refractivity contribution is 7.85. The summed E-state index contributed by atoms with van der Waals surface area (Å²) in [5.41, 5.74) is 5.51. The second kappa shape index (κ2) is 9.02. The molecule has 1 heterocycles. The van der Waals surface area contributed by atoms with Crippen molar-refractivity contribution in [3.05, 3.63) is 77.4 Å². The third kappa shape index (κ3) is 4.00. The van der Waals surface area contributed by atoms with Crippen molar-refractivity contribution in [3.63, 3.8) is 0 Å². The van der Waals surface area contributed by atoms with Crippen molar-refractivity contribution in [1.29, 1.82) is 0 Å². The van der Waals surface area contributed by atoms with Crippen LogP contribution in [0.2, 0.25) is 0 Å². The summed E-state index contributed by atoms with van der Waals surface area (Å²) in [7, 11) is -1.14. The Labute approximate surface area is 181 Å². The number of anilines is 2. The molecule has 3 aromatic carbocycles. The van der Waals surface area contributed by atoms with E-state index in [0.29, 0.717) is 12.3 Å². The number of unbranched alkanes of at least 4 members (excludes halogenated alkanes) is 1. The Hall–Kier alpha value is -2.63. The van der Waals surface area contributed by atoms with Gasteiger partial charge in [-0.2, -0.15) is 0 Å². The molecule has 156 valence electrons. The first-order valence-corrected chi connectivity index (χ1v) is 11.6. The van der Waals surface area contributed by atoms with E-state index in [-0.39, 0.29) is 0 Å². The Kier molecular flexibility index (Phi) is 6.21. The lowest BCUT2D eigenvalue weighted by atomic mass is 10.1. The van der Waals surface area contributed by atoms with Crippen LogP contribution in [0.4, 0.5) is 11.4 Å². The standard InChI is InChI=1S/C25H28N2O2S/c1-18-13-14-24-25(19(18)2)27(21-10-4-6-12-23(21)30(24)29)16-8-7-15-26-17-20-9-3-5-11-22(20)28/h3-6,9-14,26,28H,7-8,15-17H2,1-2H3. The number of nitrogens with one attached hydrogen (secondary N) is 1. The second-order valence-corrected chi connectivity index (χ2v) is 9.17. The van der Waals surface area contributed by atoms with Gasteiger partial charge in [0.15, 0.2) is 0 Å². The molecule has 0 fully saturated rings. The van der Waals surface area contributed by atoms with Gasteiger partial charge in [-0.25, -0.2) is 4.21 Å². The Balaban J connectivity index is 1.44. The van der Waals surface area contributed by atoms with Crippen LogP contribution in [-0.2, 0) is 17.3 Å². The molecule has 2 N–H and O–H groups in total. The minimum Gasteiger partial charge on any atom is -0.508 e. The topological polar surface area (TPSA) is 52.6 Å². The van der Waals surface area contributed by atoms with Gasteiger partial charge in [-0.3, -0.25) is 0 Å². The van der Waals surface area contributed by atoms with Crippen molar-refractivity contribution in [2.24, 2.45) is 0 Å². The van der Waals surface area contributed by atoms with Gasteiger partial charge in [0.05, 0.1) is 32.0 Å². The lowest BCUT2D eigenvalue weighted by molar-refractivity contribution is 0.464. The average Bonchev–Trinajstić information content (AvgIpc) is 2.76. The zero-order chi connectivity index (χ0) is 21.1. The number of benzene rings is 3. The third-order valence-electron chi connectivity index (χ3n) is 5.78. The maximum Gasteiger partial charge on any atom is 0.120 e. The van der Waals surface area contributed by atoms with Gasteiger partial charge in [0, 0.05) is 18.7 Å². The minimum absolute atomic E-state index is 0.338. The highest BCUT2D eigenvalue weighted by atomic mass is 32.2. The van der Waals surface area contributed by atoms with E-state index < -0.39 is 10.8 Å². The fourth-order valence-corrected chi connectivity index (χ4v) is 5.41. The van der Waals surface area contributed by atoms with Crippen molar-refractivity contribution in [2.75, 3.05) is 18.0 Å². The van der Waals surface area contributed by atoms with Crippen LogP contribution in [0.3, 0.4) is 0 Å². The van der Waals surface area contributed by atoms with Crippen molar-refractivity contribution >= 4 is 22.2 Å². The quantitative estimate of drug-likeness (QED) is 0.516. The van der Waals surface area contributed by atoms with Crippen molar-refractivity contribution in [2.45, 2.75) is 43.0 Å². The van der Waals surface area contributed by atoms with E-state index >= 15 is 0 Å². The van der Waals surface area contributed by atoms with Crippen LogP contribution in [0.25, 0.3) is 0 Å². The predicted octanol–water partition coefficient (Wildman–Crippen LogP) is 5.20. The predicted molar refractivity (Wildman–Crippen MR) is 123 cm³/mol. The number of phenols is 1. The fourth-order valence-electron chi connectivity index (χ4n) is 3.97. The normalized spacial score (nSPS) is 15.0. The maximum atomic E-state index is 13.1. The molecule has 1 aliphatic heterocycles. The molecule has 0 radical (unpaired) electrons. The molecule has 5 heteroatoms. The lowest BCUT2D eigenvalue weighted by Gasteiger charge is -2.34. The monoisotopic (exact) mass is 420 g/mol. The summed E-state index contributed by atoms with van der Waals surface area (Å²) in [5.74, 6) is 0.338. The number of rotatable bonds is 7. The van der Waals surface area contributed by atoms with Crippen molar-refractivity contribution < 1.29 is 9.32 Å². The number of aryl methyl sites for hydroxylation is 1. The summed E-state index contributed by atoms with van der Waals surface area (Å²) in [6.07, 6.45) is 2.04. The van der Waals surface area contributed by atoms with Crippen molar-refractivity contribution in [3.8, 4) is 5.75 Å². The summed E-state index contributed by atoms with van der Waals surface area (Å²) < 4.78 is 13.1. The Morgan fingerprint density at radius 2 is 1.70 bits per heavy atom. The molecule has 4 rings (SSSR count). The second-order valence-electron chi connectivity index (χ2n) is 7.75. The molecule has 4 nitrogen and oxygen atoms in total. The number of para-hydroxylation sites is 2. The van der Waals surface area contributed by atoms with E-state index in [1.807, 2.05) is 42.5 Å². The van der Waals surface area contributed by atoms with Crippen LogP contribution in [0, 0.1) is 13.8 Å². The molecule has 0 saturated heterocycles. The molecule has 0 saturated carbocycles. The molecule has 0 spiro atoms. The first-order valence-electron chi connectivity index (χ1n) is 10.4. The lowest BCUT2D eigenvalue weighted by Crippen LogP contribution is -2.27. The highest BCUT2D eigenvalue weighted by Crippen LogP contribution is 2.44. The van der Waals surface area contributed by atoms with Gasteiger partial charge in [-0.15, -0.1) is 0 Å². The molecule has 30 heavy (non-hydrogen) atoms. The molecular formula is C25H28N2O2S. The first-order chi connectivity index (χ1) is 14.6. The Morgan fingerprint density at radius 3 is 2.53 bits per heavy atom. The van der Waals surface area contributed by atoms with Crippen LogP contribution in [0.5, 0.6) is 5.75 Å². The van der Waals surface area contributed by atoms with E-state index in [1.54, 1.807) is 6.07 Å². The van der Waals surface area contributed by atoms with Crippen LogP contribution < -0.4 is 10.2 Å². The van der Waals surface area contributed by atoms with Gasteiger partial charge >= 0.3 is 0 Å². The largest absolute Gasteiger partial charge is 0.508 e. The number of hydrogen-bond donors (Lipinski definition) is 2. The Bertz CT molecular complexity index is 1080. The van der Waals surface area contributed by atoms with Gasteiger partial charge in [-0.05, 0) is 68.6 Å². The summed E-state index contributed by atoms with van der Waals surface area (Å²) >= 11 is 0. The number of phenolic OH excluding ortho intramolecular Hbond substituents is 1. The molecule has 0 aliphatic carbocycles. The fraction of sp³-hybridized carbons (Fsp3) is 0.280. The number of nitrogens with zero attached hydrogens (tertiary/aromatic N) is 1. The minimum atomic E-state index is -1.14. The van der Waals surface area contributed by atoms with Gasteiger partial charge in [0.25, 0.3) is 0 Å². The van der Waals surface area contributed by atoms with E-state index in [9.17, 15) is 9.32 Å². The van der Waals surface area contributed by atoms with Gasteiger partial charge < -0.3 is 15.3 Å². The summed E-state index contributed by atoms with van der Waals surface area (Å²) in [6.45, 7) is 6.67. The number of fused-ring (bicyclic) bond motifs is 2. The summed E-state index contributed by atoms with van der Waals surface area (Å²) in [6, 6.07) is 19.6.